The monoisotopic (exact) mass is 414 g/mol. The number of Topliss-reactive ketones (excluding diaryl/α,β-unsaturated/α-hetero) is 1. The normalized spacial score (nSPS) is 10.6. The second kappa shape index (κ2) is 8.27. The number of hydrogen-bond donors (Lipinski definition) is 0. The highest BCUT2D eigenvalue weighted by Crippen LogP contribution is 2.25. The van der Waals surface area contributed by atoms with Crippen molar-refractivity contribution in [2.75, 3.05) is 13.7 Å². The van der Waals surface area contributed by atoms with Crippen molar-refractivity contribution in [2.45, 2.75) is 13.8 Å². The van der Waals surface area contributed by atoms with Crippen LogP contribution in [-0.4, -0.2) is 35.0 Å². The third kappa shape index (κ3) is 4.19. The van der Waals surface area contributed by atoms with E-state index in [0.717, 1.165) is 22.8 Å². The lowest BCUT2D eigenvalue weighted by Gasteiger charge is -2.10. The van der Waals surface area contributed by atoms with Gasteiger partial charge in [-0.15, -0.1) is 0 Å². The Hall–Kier alpha value is -3.46. The number of ketones is 1. The van der Waals surface area contributed by atoms with Crippen molar-refractivity contribution in [2.24, 2.45) is 0 Å². The number of aryl methyl sites for hydroxylation is 1. The Morgan fingerprint density at radius 1 is 1.14 bits per heavy atom. The Morgan fingerprint density at radius 3 is 2.41 bits per heavy atom. The summed E-state index contributed by atoms with van der Waals surface area (Å²) in [7, 11) is 1.59. The van der Waals surface area contributed by atoms with Gasteiger partial charge in [-0.1, -0.05) is 11.3 Å². The van der Waals surface area contributed by atoms with Crippen molar-refractivity contribution in [3.63, 3.8) is 0 Å². The molecule has 150 valence electrons. The van der Waals surface area contributed by atoms with E-state index in [4.69, 9.17) is 9.47 Å². The van der Waals surface area contributed by atoms with Crippen molar-refractivity contribution in [1.82, 2.24) is 4.57 Å². The SMILES string of the molecule is COc1ccc(-n2c(C)cc(C(=O)COC(=O)c3ccc([N+](=O)[O-])s3)c2C)cc1. The standard InChI is InChI=1S/C20H18N2O6S/c1-12-10-16(13(2)21(12)14-4-6-15(27-3)7-5-14)17(23)11-28-20(24)18-8-9-19(29-18)22(25)26/h4-10H,11H2,1-3H3. The van der Waals surface area contributed by atoms with Crippen LogP contribution in [0.1, 0.15) is 31.4 Å². The van der Waals surface area contributed by atoms with Crippen molar-refractivity contribution in [3.8, 4) is 11.4 Å². The topological polar surface area (TPSA) is 101 Å². The molecule has 0 aliphatic heterocycles. The molecule has 9 heteroatoms. The third-order valence-corrected chi connectivity index (χ3v) is 5.39. The summed E-state index contributed by atoms with van der Waals surface area (Å²) >= 11 is 0.707. The minimum Gasteiger partial charge on any atom is -0.497 e. The van der Waals surface area contributed by atoms with Gasteiger partial charge in [0.25, 0.3) is 0 Å². The Morgan fingerprint density at radius 2 is 1.83 bits per heavy atom. The van der Waals surface area contributed by atoms with Crippen LogP contribution in [0.4, 0.5) is 5.00 Å². The van der Waals surface area contributed by atoms with Crippen molar-refractivity contribution in [3.05, 3.63) is 74.4 Å². The summed E-state index contributed by atoms with van der Waals surface area (Å²) in [6.45, 7) is 3.25. The first kappa shape index (κ1) is 20.3. The molecule has 3 aromatic rings. The summed E-state index contributed by atoms with van der Waals surface area (Å²) in [5.41, 5.74) is 2.91. The van der Waals surface area contributed by atoms with Gasteiger partial charge in [-0.2, -0.15) is 0 Å². The first-order valence-electron chi connectivity index (χ1n) is 8.59. The molecule has 0 bridgehead atoms. The van der Waals surface area contributed by atoms with Crippen LogP contribution in [0.15, 0.2) is 42.5 Å². The zero-order valence-electron chi connectivity index (χ0n) is 16.0. The van der Waals surface area contributed by atoms with Gasteiger partial charge in [-0.25, -0.2) is 4.79 Å². The van der Waals surface area contributed by atoms with Gasteiger partial charge in [0, 0.05) is 28.7 Å². The maximum absolute atomic E-state index is 12.6. The zero-order chi connectivity index (χ0) is 21.1. The van der Waals surface area contributed by atoms with Crippen LogP contribution in [0, 0.1) is 24.0 Å². The van der Waals surface area contributed by atoms with E-state index in [0.29, 0.717) is 16.9 Å². The van der Waals surface area contributed by atoms with Crippen LogP contribution < -0.4 is 4.74 Å². The Bertz CT molecular complexity index is 1080. The number of esters is 1. The van der Waals surface area contributed by atoms with E-state index in [1.165, 1.54) is 12.1 Å². The average molecular weight is 414 g/mol. The fourth-order valence-corrected chi connectivity index (χ4v) is 3.70. The molecule has 0 aliphatic rings. The largest absolute Gasteiger partial charge is 0.497 e. The lowest BCUT2D eigenvalue weighted by Crippen LogP contribution is -2.14. The second-order valence-electron chi connectivity index (χ2n) is 6.21. The third-order valence-electron chi connectivity index (χ3n) is 4.37. The fraction of sp³-hybridized carbons (Fsp3) is 0.200. The highest BCUT2D eigenvalue weighted by atomic mass is 32.1. The number of nitro groups is 1. The first-order chi connectivity index (χ1) is 13.8. The zero-order valence-corrected chi connectivity index (χ0v) is 16.8. The minimum atomic E-state index is -0.764. The van der Waals surface area contributed by atoms with Crippen LogP contribution in [-0.2, 0) is 4.74 Å². The highest BCUT2D eigenvalue weighted by Gasteiger charge is 2.20. The van der Waals surface area contributed by atoms with E-state index in [1.54, 1.807) is 13.2 Å². The Balaban J connectivity index is 1.74. The number of thiophene rings is 1. The fourth-order valence-electron chi connectivity index (χ4n) is 2.99. The molecule has 0 unspecified atom stereocenters. The number of rotatable bonds is 7. The summed E-state index contributed by atoms with van der Waals surface area (Å²) in [5.74, 6) is -0.383. The number of ether oxygens (including phenoxy) is 2. The van der Waals surface area contributed by atoms with Gasteiger partial charge in [0.05, 0.1) is 12.0 Å². The molecule has 0 spiro atoms. The minimum absolute atomic E-state index is 0.0770. The smallest absolute Gasteiger partial charge is 0.349 e. The average Bonchev–Trinajstić information content (AvgIpc) is 3.31. The molecule has 2 heterocycles. The molecule has 2 aromatic heterocycles. The van der Waals surface area contributed by atoms with E-state index in [-0.39, 0.29) is 15.7 Å². The molecule has 0 fully saturated rings. The van der Waals surface area contributed by atoms with Crippen molar-refractivity contribution in [1.29, 1.82) is 0 Å². The first-order valence-corrected chi connectivity index (χ1v) is 9.41. The highest BCUT2D eigenvalue weighted by molar-refractivity contribution is 7.17. The molecule has 8 nitrogen and oxygen atoms in total. The summed E-state index contributed by atoms with van der Waals surface area (Å²) in [6.07, 6.45) is 0. The Kier molecular flexibility index (Phi) is 5.79. The number of carbonyl (C=O) groups is 2. The predicted molar refractivity (Wildman–Crippen MR) is 107 cm³/mol. The van der Waals surface area contributed by atoms with Crippen molar-refractivity contribution < 1.29 is 24.0 Å². The summed E-state index contributed by atoms with van der Waals surface area (Å²) < 4.78 is 12.1. The molecule has 0 N–H and O–H groups in total. The molecule has 0 saturated heterocycles. The van der Waals surface area contributed by atoms with Gasteiger partial charge in [0.1, 0.15) is 10.6 Å². The van der Waals surface area contributed by atoms with Gasteiger partial charge in [-0.05, 0) is 50.2 Å². The summed E-state index contributed by atoms with van der Waals surface area (Å²) in [6, 6.07) is 11.7. The van der Waals surface area contributed by atoms with Crippen LogP contribution in [0.3, 0.4) is 0 Å². The van der Waals surface area contributed by atoms with Gasteiger partial charge >= 0.3 is 11.0 Å². The second-order valence-corrected chi connectivity index (χ2v) is 7.27. The van der Waals surface area contributed by atoms with Crippen LogP contribution in [0.5, 0.6) is 5.75 Å². The maximum atomic E-state index is 12.6. The predicted octanol–water partition coefficient (Wildman–Crippen LogP) is 4.11. The number of nitrogens with zero attached hydrogens (tertiary/aromatic N) is 2. The van der Waals surface area contributed by atoms with Crippen LogP contribution in [0.2, 0.25) is 0 Å². The molecule has 0 atom stereocenters. The molecule has 0 aliphatic carbocycles. The molecule has 1 aromatic carbocycles. The van der Waals surface area contributed by atoms with E-state index in [2.05, 4.69) is 0 Å². The molecule has 29 heavy (non-hydrogen) atoms. The number of carbonyl (C=O) groups excluding carboxylic acids is 2. The Labute approximate surface area is 170 Å². The number of hydrogen-bond acceptors (Lipinski definition) is 7. The van der Waals surface area contributed by atoms with Gasteiger partial charge in [0.2, 0.25) is 5.78 Å². The molecule has 3 rings (SSSR count). The lowest BCUT2D eigenvalue weighted by atomic mass is 10.1. The quantitative estimate of drug-likeness (QED) is 0.250. The number of benzene rings is 1. The van der Waals surface area contributed by atoms with Gasteiger partial charge < -0.3 is 14.0 Å². The van der Waals surface area contributed by atoms with E-state index < -0.39 is 17.5 Å². The van der Waals surface area contributed by atoms with E-state index in [1.807, 2.05) is 42.7 Å². The molecular weight excluding hydrogens is 396 g/mol. The maximum Gasteiger partial charge on any atom is 0.349 e. The van der Waals surface area contributed by atoms with Crippen molar-refractivity contribution >= 4 is 28.1 Å². The molecular formula is C20H18N2O6S. The van der Waals surface area contributed by atoms with Crippen LogP contribution >= 0.6 is 11.3 Å². The molecule has 0 amide bonds. The van der Waals surface area contributed by atoms with E-state index in [9.17, 15) is 19.7 Å². The van der Waals surface area contributed by atoms with E-state index >= 15 is 0 Å². The number of methoxy groups -OCH3 is 1. The molecule has 0 saturated carbocycles. The summed E-state index contributed by atoms with van der Waals surface area (Å²) in [5, 5.41) is 10.6. The number of aromatic nitrogens is 1. The van der Waals surface area contributed by atoms with Gasteiger partial charge in [0.15, 0.2) is 6.61 Å². The van der Waals surface area contributed by atoms with Crippen LogP contribution in [0.25, 0.3) is 5.69 Å². The summed E-state index contributed by atoms with van der Waals surface area (Å²) in [4.78, 5) is 34.9. The van der Waals surface area contributed by atoms with Gasteiger partial charge in [-0.3, -0.25) is 14.9 Å². The lowest BCUT2D eigenvalue weighted by molar-refractivity contribution is -0.380. The molecule has 0 radical (unpaired) electrons.